The third-order valence-corrected chi connectivity index (χ3v) is 5.22. The lowest BCUT2D eigenvalue weighted by molar-refractivity contribution is 1.01. The minimum atomic E-state index is 0.983. The van der Waals surface area contributed by atoms with Crippen LogP contribution in [0.5, 0.6) is 0 Å². The quantitative estimate of drug-likeness (QED) is 0.532. The molecular weight excluding hydrogens is 310 g/mol. The Labute approximate surface area is 145 Å². The van der Waals surface area contributed by atoms with Gasteiger partial charge in [0.25, 0.3) is 0 Å². The summed E-state index contributed by atoms with van der Waals surface area (Å²) < 4.78 is 2.14. The summed E-state index contributed by atoms with van der Waals surface area (Å²) in [6, 6.07) is 27.1. The Morgan fingerprint density at radius 3 is 2.04 bits per heavy atom. The highest BCUT2D eigenvalue weighted by Crippen LogP contribution is 2.31. The van der Waals surface area contributed by atoms with Crippen LogP contribution in [0.1, 0.15) is 0 Å². The lowest BCUT2D eigenvalue weighted by Crippen LogP contribution is -2.22. The molecule has 0 fully saturated rings. The van der Waals surface area contributed by atoms with Crippen molar-refractivity contribution in [3.8, 4) is 5.69 Å². The average Bonchev–Trinajstić information content (AvgIpc) is 2.88. The van der Waals surface area contributed by atoms with Gasteiger partial charge in [-0.3, -0.25) is 0 Å². The van der Waals surface area contributed by atoms with E-state index in [1.54, 1.807) is 11.8 Å². The fourth-order valence-corrected chi connectivity index (χ4v) is 4.08. The highest BCUT2D eigenvalue weighted by molar-refractivity contribution is 7.99. The summed E-state index contributed by atoms with van der Waals surface area (Å²) in [4.78, 5) is 2.44. The molecule has 24 heavy (non-hydrogen) atoms. The number of nitrogens with zero attached hydrogens (tertiary/aromatic N) is 1. The molecule has 0 bridgehead atoms. The van der Waals surface area contributed by atoms with E-state index in [2.05, 4.69) is 72.3 Å². The van der Waals surface area contributed by atoms with E-state index in [4.69, 9.17) is 0 Å². The van der Waals surface area contributed by atoms with E-state index >= 15 is 0 Å². The van der Waals surface area contributed by atoms with E-state index in [0.29, 0.717) is 0 Å². The maximum absolute atomic E-state index is 4.36. The van der Waals surface area contributed by atoms with Crippen molar-refractivity contribution in [2.24, 2.45) is 0 Å². The van der Waals surface area contributed by atoms with Crippen LogP contribution in [0.25, 0.3) is 29.6 Å². The van der Waals surface area contributed by atoms with Gasteiger partial charge in [-0.15, -0.1) is 0 Å². The van der Waals surface area contributed by atoms with Crippen molar-refractivity contribution in [1.82, 2.24) is 4.57 Å². The van der Waals surface area contributed by atoms with E-state index in [1.165, 1.54) is 15.2 Å². The molecule has 3 aromatic carbocycles. The summed E-state index contributed by atoms with van der Waals surface area (Å²) in [7, 11) is 0. The SMILES string of the molecule is C=c1c2cccc(Sc3ccccc3)c2c(=C)n1-c1ccccc1. The van der Waals surface area contributed by atoms with Gasteiger partial charge in [-0.25, -0.2) is 0 Å². The molecule has 0 N–H and O–H groups in total. The topological polar surface area (TPSA) is 4.93 Å². The predicted octanol–water partition coefficient (Wildman–Crippen LogP) is 4.60. The van der Waals surface area contributed by atoms with Gasteiger partial charge in [0, 0.05) is 36.9 Å². The molecule has 2 heteroatoms. The van der Waals surface area contributed by atoms with E-state index in [0.717, 1.165) is 21.8 Å². The van der Waals surface area contributed by atoms with Crippen LogP contribution in [0, 0.1) is 0 Å². The number of hydrogen-bond acceptors (Lipinski definition) is 1. The number of rotatable bonds is 3. The molecule has 0 atom stereocenters. The predicted molar refractivity (Wildman–Crippen MR) is 104 cm³/mol. The van der Waals surface area contributed by atoms with Crippen molar-refractivity contribution in [1.29, 1.82) is 0 Å². The zero-order chi connectivity index (χ0) is 16.5. The van der Waals surface area contributed by atoms with Gasteiger partial charge in [0.1, 0.15) is 0 Å². The molecule has 1 heterocycles. The Kier molecular flexibility index (Phi) is 3.75. The minimum Gasteiger partial charge on any atom is -0.310 e. The largest absolute Gasteiger partial charge is 0.310 e. The third-order valence-electron chi connectivity index (χ3n) is 4.15. The lowest BCUT2D eigenvalue weighted by Gasteiger charge is -2.04. The molecule has 0 amide bonds. The van der Waals surface area contributed by atoms with Crippen LogP contribution >= 0.6 is 11.8 Å². The van der Waals surface area contributed by atoms with Crippen molar-refractivity contribution in [3.63, 3.8) is 0 Å². The Hall–Kier alpha value is -2.71. The molecule has 0 aliphatic heterocycles. The summed E-state index contributed by atoms with van der Waals surface area (Å²) in [6.45, 7) is 8.67. The molecule has 116 valence electrons. The normalized spacial score (nSPS) is 11.0. The summed E-state index contributed by atoms with van der Waals surface area (Å²) in [6.07, 6.45) is 0. The first-order valence-corrected chi connectivity index (χ1v) is 8.67. The molecule has 4 aromatic rings. The van der Waals surface area contributed by atoms with Crippen LogP contribution in [0.4, 0.5) is 0 Å². The summed E-state index contributed by atoms with van der Waals surface area (Å²) >= 11 is 1.77. The number of benzene rings is 3. The van der Waals surface area contributed by atoms with Crippen LogP contribution in [-0.4, -0.2) is 4.57 Å². The van der Waals surface area contributed by atoms with E-state index < -0.39 is 0 Å². The second-order valence-electron chi connectivity index (χ2n) is 5.66. The molecule has 0 spiro atoms. The van der Waals surface area contributed by atoms with Crippen molar-refractivity contribution in [2.45, 2.75) is 9.79 Å². The molecule has 0 radical (unpaired) electrons. The van der Waals surface area contributed by atoms with E-state index in [9.17, 15) is 0 Å². The maximum Gasteiger partial charge on any atom is 0.0480 e. The Morgan fingerprint density at radius 2 is 1.33 bits per heavy atom. The zero-order valence-electron chi connectivity index (χ0n) is 13.3. The highest BCUT2D eigenvalue weighted by atomic mass is 32.2. The van der Waals surface area contributed by atoms with E-state index in [1.807, 2.05) is 24.3 Å². The van der Waals surface area contributed by atoms with Crippen LogP contribution in [0.15, 0.2) is 88.7 Å². The molecule has 0 aliphatic carbocycles. The van der Waals surface area contributed by atoms with Gasteiger partial charge in [0.05, 0.1) is 0 Å². The molecule has 0 saturated heterocycles. The summed E-state index contributed by atoms with van der Waals surface area (Å²) in [5.41, 5.74) is 1.10. The Morgan fingerprint density at radius 1 is 0.667 bits per heavy atom. The van der Waals surface area contributed by atoms with Crippen LogP contribution in [-0.2, 0) is 0 Å². The first-order chi connectivity index (χ1) is 11.8. The highest BCUT2D eigenvalue weighted by Gasteiger charge is 2.11. The summed E-state index contributed by atoms with van der Waals surface area (Å²) in [5, 5.41) is 4.31. The second-order valence-corrected chi connectivity index (χ2v) is 6.77. The molecule has 4 rings (SSSR count). The molecule has 0 unspecified atom stereocenters. The summed E-state index contributed by atoms with van der Waals surface area (Å²) in [5.74, 6) is 0. The van der Waals surface area contributed by atoms with Crippen LogP contribution in [0.3, 0.4) is 0 Å². The van der Waals surface area contributed by atoms with Gasteiger partial charge in [0.2, 0.25) is 0 Å². The Balaban J connectivity index is 1.95. The second kappa shape index (κ2) is 6.06. The monoisotopic (exact) mass is 327 g/mol. The third kappa shape index (κ3) is 2.45. The molecule has 0 saturated carbocycles. The van der Waals surface area contributed by atoms with Gasteiger partial charge in [-0.1, -0.05) is 73.5 Å². The number of hydrogen-bond donors (Lipinski definition) is 0. The standard InChI is InChI=1S/C22H17NS/c1-16-20-14-9-15-21(24-19-12-7-4-8-13-19)22(20)17(2)23(16)18-10-5-3-6-11-18/h3-15H,1-2H2. The van der Waals surface area contributed by atoms with Gasteiger partial charge in [-0.2, -0.15) is 0 Å². The molecule has 1 nitrogen and oxygen atoms in total. The maximum atomic E-state index is 4.36. The average molecular weight is 327 g/mol. The lowest BCUT2D eigenvalue weighted by atomic mass is 10.2. The van der Waals surface area contributed by atoms with Crippen molar-refractivity contribution in [3.05, 3.63) is 89.6 Å². The first kappa shape index (κ1) is 14.9. The zero-order valence-corrected chi connectivity index (χ0v) is 14.1. The number of para-hydroxylation sites is 1. The minimum absolute atomic E-state index is 0.983. The van der Waals surface area contributed by atoms with Crippen molar-refractivity contribution < 1.29 is 0 Å². The first-order valence-electron chi connectivity index (χ1n) is 7.85. The van der Waals surface area contributed by atoms with Crippen LogP contribution < -0.4 is 10.7 Å². The Bertz CT molecular complexity index is 1100. The number of aromatic nitrogens is 1. The molecular formula is C22H17NS. The van der Waals surface area contributed by atoms with Gasteiger partial charge >= 0.3 is 0 Å². The fourth-order valence-electron chi connectivity index (χ4n) is 3.05. The number of fused-ring (bicyclic) bond motifs is 1. The van der Waals surface area contributed by atoms with Crippen molar-refractivity contribution in [2.75, 3.05) is 0 Å². The molecule has 0 aliphatic rings. The smallest absolute Gasteiger partial charge is 0.0480 e. The van der Waals surface area contributed by atoms with Gasteiger partial charge in [0.15, 0.2) is 0 Å². The van der Waals surface area contributed by atoms with Gasteiger partial charge < -0.3 is 4.57 Å². The van der Waals surface area contributed by atoms with Crippen LogP contribution in [0.2, 0.25) is 0 Å². The van der Waals surface area contributed by atoms with Gasteiger partial charge in [-0.05, 0) is 30.3 Å². The van der Waals surface area contributed by atoms with E-state index in [-0.39, 0.29) is 0 Å². The molecule has 1 aromatic heterocycles. The fraction of sp³-hybridized carbons (Fsp3) is 0. The van der Waals surface area contributed by atoms with Crippen molar-refractivity contribution >= 4 is 35.7 Å².